The van der Waals surface area contributed by atoms with Crippen molar-refractivity contribution in [2.24, 2.45) is 29.4 Å². The molecule has 0 radical (unpaired) electrons. The summed E-state index contributed by atoms with van der Waals surface area (Å²) in [4.78, 5) is 0. The van der Waals surface area contributed by atoms with Gasteiger partial charge in [-0.25, -0.2) is 0 Å². The lowest BCUT2D eigenvalue weighted by Crippen LogP contribution is -2.26. The molecule has 0 spiro atoms. The molecule has 6 N–H and O–H groups in total. The van der Waals surface area contributed by atoms with Crippen LogP contribution in [0, 0.1) is 23.7 Å². The van der Waals surface area contributed by atoms with E-state index in [1.165, 1.54) is 25.7 Å². The van der Waals surface area contributed by atoms with Gasteiger partial charge in [0, 0.05) is 12.1 Å². The number of hydrogen-bond donors (Lipinski definition) is 3. The van der Waals surface area contributed by atoms with Crippen molar-refractivity contribution in [2.75, 3.05) is 18.0 Å². The van der Waals surface area contributed by atoms with E-state index >= 15 is 0 Å². The molecule has 0 amide bonds. The van der Waals surface area contributed by atoms with Crippen LogP contribution >= 0.6 is 0 Å². The van der Waals surface area contributed by atoms with Crippen LogP contribution < -0.4 is 21.9 Å². The van der Waals surface area contributed by atoms with Crippen LogP contribution in [0.1, 0.15) is 59.3 Å². The molecule has 0 aliphatic heterocycles. The first-order chi connectivity index (χ1) is 12.4. The summed E-state index contributed by atoms with van der Waals surface area (Å²) in [6, 6.07) is 5.44. The zero-order valence-corrected chi connectivity index (χ0v) is 16.7. The van der Waals surface area contributed by atoms with E-state index in [9.17, 15) is 0 Å². The first-order valence-electron chi connectivity index (χ1n) is 10.2. The Bertz CT molecular complexity index is 599. The molecule has 0 aromatic heterocycles. The van der Waals surface area contributed by atoms with E-state index in [0.717, 1.165) is 37.0 Å². The fourth-order valence-electron chi connectivity index (χ4n) is 4.16. The minimum absolute atomic E-state index is 0.598. The van der Waals surface area contributed by atoms with Gasteiger partial charge >= 0.3 is 0 Å². The zero-order chi connectivity index (χ0) is 19.1. The topological polar surface area (TPSA) is 87.3 Å². The van der Waals surface area contributed by atoms with E-state index in [-0.39, 0.29) is 0 Å². The Hall–Kier alpha value is -1.68. The molecular formula is C22H37N3O. The molecule has 1 aromatic rings. The summed E-state index contributed by atoms with van der Waals surface area (Å²) in [6.45, 7) is 7.74. The van der Waals surface area contributed by atoms with Crippen molar-refractivity contribution < 1.29 is 4.74 Å². The van der Waals surface area contributed by atoms with Crippen molar-refractivity contribution >= 4 is 11.4 Å². The molecule has 0 heterocycles. The zero-order valence-electron chi connectivity index (χ0n) is 16.7. The molecule has 4 heteroatoms. The van der Waals surface area contributed by atoms with Crippen molar-refractivity contribution in [3.63, 3.8) is 0 Å². The maximum absolute atomic E-state index is 6.07. The van der Waals surface area contributed by atoms with Crippen LogP contribution in [0.5, 0.6) is 5.75 Å². The quantitative estimate of drug-likeness (QED) is 0.544. The van der Waals surface area contributed by atoms with E-state index < -0.39 is 0 Å². The first kappa shape index (κ1) is 20.6. The van der Waals surface area contributed by atoms with Gasteiger partial charge in [-0.2, -0.15) is 0 Å². The van der Waals surface area contributed by atoms with Gasteiger partial charge in [0.25, 0.3) is 0 Å². The van der Waals surface area contributed by atoms with Crippen LogP contribution in [0.25, 0.3) is 0 Å². The van der Waals surface area contributed by atoms with Crippen molar-refractivity contribution in [2.45, 2.75) is 59.3 Å². The maximum Gasteiger partial charge on any atom is 0.149 e. The Kier molecular flexibility index (Phi) is 7.83. The van der Waals surface area contributed by atoms with Crippen molar-refractivity contribution in [1.82, 2.24) is 0 Å². The van der Waals surface area contributed by atoms with E-state index in [4.69, 9.17) is 21.9 Å². The Labute approximate surface area is 159 Å². The van der Waals surface area contributed by atoms with E-state index in [1.807, 2.05) is 12.1 Å². The van der Waals surface area contributed by atoms with Gasteiger partial charge in [0.2, 0.25) is 0 Å². The predicted molar refractivity (Wildman–Crippen MR) is 112 cm³/mol. The molecular weight excluding hydrogens is 322 g/mol. The molecule has 26 heavy (non-hydrogen) atoms. The Balaban J connectivity index is 1.93. The monoisotopic (exact) mass is 359 g/mol. The summed E-state index contributed by atoms with van der Waals surface area (Å²) >= 11 is 0. The summed E-state index contributed by atoms with van der Waals surface area (Å²) in [5.74, 6) is 4.54. The number of rotatable bonds is 9. The highest BCUT2D eigenvalue weighted by molar-refractivity contribution is 5.60. The number of ether oxygens (including phenoxy) is 1. The molecule has 1 aromatic carbocycles. The van der Waals surface area contributed by atoms with Gasteiger partial charge < -0.3 is 21.9 Å². The molecule has 4 nitrogen and oxygen atoms in total. The van der Waals surface area contributed by atoms with Crippen molar-refractivity contribution in [3.8, 4) is 5.75 Å². The second-order valence-corrected chi connectivity index (χ2v) is 8.09. The number of hydrogen-bond acceptors (Lipinski definition) is 4. The predicted octanol–water partition coefficient (Wildman–Crippen LogP) is 4.95. The molecule has 0 saturated carbocycles. The van der Waals surface area contributed by atoms with Crippen LogP contribution in [0.2, 0.25) is 0 Å². The minimum atomic E-state index is 0.598. The van der Waals surface area contributed by atoms with Gasteiger partial charge in [-0.05, 0) is 67.3 Å². The summed E-state index contributed by atoms with van der Waals surface area (Å²) in [5, 5.41) is 0. The van der Waals surface area contributed by atoms with Gasteiger partial charge in [0.05, 0.1) is 5.69 Å². The third kappa shape index (κ3) is 5.66. The molecule has 0 fully saturated rings. The normalized spacial score (nSPS) is 22.5. The minimum Gasteiger partial charge on any atom is -0.460 e. The lowest BCUT2D eigenvalue weighted by molar-refractivity contribution is 0.186. The Morgan fingerprint density at radius 3 is 2.62 bits per heavy atom. The standard InChI is InChI=1S/C22H37N3O/c1-4-17(7-5-6-15(2)14-23)20-10-9-19(12-16(20)3)26-22-11-8-18(24)13-21(22)25/h8-9,11,13,15-17,20H,4-7,10,12,14,23-25H2,1-3H3/t15-,16-,17?,20?/m0/s1. The average Bonchev–Trinajstić information content (AvgIpc) is 2.61. The maximum atomic E-state index is 6.07. The van der Waals surface area contributed by atoms with Crippen LogP contribution in [0.3, 0.4) is 0 Å². The lowest BCUT2D eigenvalue weighted by atomic mass is 9.72. The van der Waals surface area contributed by atoms with Gasteiger partial charge in [0.15, 0.2) is 0 Å². The molecule has 2 rings (SSSR count). The van der Waals surface area contributed by atoms with Gasteiger partial charge in [0.1, 0.15) is 11.5 Å². The highest BCUT2D eigenvalue weighted by Crippen LogP contribution is 2.39. The van der Waals surface area contributed by atoms with Crippen LogP contribution in [0.15, 0.2) is 30.0 Å². The first-order valence-corrected chi connectivity index (χ1v) is 10.2. The van der Waals surface area contributed by atoms with Crippen LogP contribution in [-0.4, -0.2) is 6.54 Å². The Morgan fingerprint density at radius 2 is 2.00 bits per heavy atom. The number of benzene rings is 1. The van der Waals surface area contributed by atoms with Crippen molar-refractivity contribution in [3.05, 3.63) is 30.0 Å². The van der Waals surface area contributed by atoms with E-state index in [0.29, 0.717) is 29.0 Å². The fraction of sp³-hybridized carbons (Fsp3) is 0.636. The molecule has 2 unspecified atom stereocenters. The van der Waals surface area contributed by atoms with Crippen molar-refractivity contribution in [1.29, 1.82) is 0 Å². The van der Waals surface area contributed by atoms with Crippen LogP contribution in [-0.2, 0) is 0 Å². The second-order valence-electron chi connectivity index (χ2n) is 8.09. The molecule has 0 bridgehead atoms. The highest BCUT2D eigenvalue weighted by Gasteiger charge is 2.29. The summed E-state index contributed by atoms with van der Waals surface area (Å²) in [7, 11) is 0. The van der Waals surface area contributed by atoms with Gasteiger partial charge in [-0.1, -0.05) is 40.0 Å². The van der Waals surface area contributed by atoms with E-state index in [1.54, 1.807) is 6.07 Å². The number of nitrogens with two attached hydrogens (primary N) is 3. The van der Waals surface area contributed by atoms with Gasteiger partial charge in [-0.3, -0.25) is 0 Å². The third-order valence-electron chi connectivity index (χ3n) is 5.95. The molecule has 4 atom stereocenters. The number of nitrogen functional groups attached to an aromatic ring is 2. The number of allylic oxidation sites excluding steroid dienone is 2. The van der Waals surface area contributed by atoms with Gasteiger partial charge in [-0.15, -0.1) is 0 Å². The third-order valence-corrected chi connectivity index (χ3v) is 5.95. The largest absolute Gasteiger partial charge is 0.460 e. The number of anilines is 2. The average molecular weight is 360 g/mol. The molecule has 1 aliphatic carbocycles. The fourth-order valence-corrected chi connectivity index (χ4v) is 4.16. The lowest BCUT2D eigenvalue weighted by Gasteiger charge is -2.34. The summed E-state index contributed by atoms with van der Waals surface area (Å²) in [6.07, 6.45) is 9.43. The molecule has 1 aliphatic rings. The SMILES string of the molecule is CCC(CCC[C@H](C)CN)C1CC=C(Oc2ccc(N)cc2N)C[C@@H]1C. The highest BCUT2D eigenvalue weighted by atomic mass is 16.5. The smallest absolute Gasteiger partial charge is 0.149 e. The van der Waals surface area contributed by atoms with E-state index in [2.05, 4.69) is 26.8 Å². The molecule has 146 valence electrons. The summed E-state index contributed by atoms with van der Waals surface area (Å²) in [5.41, 5.74) is 18.8. The Morgan fingerprint density at radius 1 is 1.23 bits per heavy atom. The molecule has 0 saturated heterocycles. The van der Waals surface area contributed by atoms with Crippen LogP contribution in [0.4, 0.5) is 11.4 Å². The second kappa shape index (κ2) is 9.86. The summed E-state index contributed by atoms with van der Waals surface area (Å²) < 4.78 is 6.07.